The van der Waals surface area contributed by atoms with Crippen LogP contribution in [-0.4, -0.2) is 45.3 Å². The van der Waals surface area contributed by atoms with Gasteiger partial charge in [0.25, 0.3) is 0 Å². The highest BCUT2D eigenvalue weighted by Crippen LogP contribution is 2.13. The molecule has 1 rings (SSSR count). The Morgan fingerprint density at radius 3 is 2.32 bits per heavy atom. The number of carbonyl (C=O) groups excluding carboxylic acids is 3. The van der Waals surface area contributed by atoms with Crippen molar-refractivity contribution in [2.75, 3.05) is 27.4 Å². The van der Waals surface area contributed by atoms with Crippen molar-refractivity contribution in [2.24, 2.45) is 0 Å². The maximum absolute atomic E-state index is 11.6. The maximum Gasteiger partial charge on any atom is 0.334 e. The molecule has 0 spiro atoms. The molecular formula is C18H20O7. The van der Waals surface area contributed by atoms with Crippen LogP contribution in [0.4, 0.5) is 0 Å². The lowest BCUT2D eigenvalue weighted by Crippen LogP contribution is -2.15. The predicted octanol–water partition coefficient (Wildman–Crippen LogP) is 1.91. The highest BCUT2D eigenvalue weighted by molar-refractivity contribution is 5.93. The van der Waals surface area contributed by atoms with E-state index in [0.29, 0.717) is 5.75 Å². The summed E-state index contributed by atoms with van der Waals surface area (Å²) in [5, 5.41) is 0. The molecule has 0 N–H and O–H groups in total. The zero-order chi connectivity index (χ0) is 18.7. The fourth-order valence-electron chi connectivity index (χ4n) is 1.62. The Kier molecular flexibility index (Phi) is 8.49. The highest BCUT2D eigenvalue weighted by atomic mass is 16.6. The lowest BCUT2D eigenvalue weighted by molar-refractivity contribution is -0.144. The number of esters is 3. The zero-order valence-corrected chi connectivity index (χ0v) is 14.2. The van der Waals surface area contributed by atoms with Gasteiger partial charge in [0.2, 0.25) is 0 Å². The number of methoxy groups -OCH3 is 2. The van der Waals surface area contributed by atoms with Crippen molar-refractivity contribution >= 4 is 24.0 Å². The van der Waals surface area contributed by atoms with Crippen molar-refractivity contribution in [2.45, 2.75) is 6.42 Å². The SMILES string of the molecule is C=C(CC(=O)OC)C(=O)OCCOc1ccc(/C=C/C(=O)OC)cc1. The number of carbonyl (C=O) groups is 3. The summed E-state index contributed by atoms with van der Waals surface area (Å²) >= 11 is 0. The minimum absolute atomic E-state index is 0.0169. The second-order valence-corrected chi connectivity index (χ2v) is 4.77. The molecule has 7 heteroatoms. The largest absolute Gasteiger partial charge is 0.490 e. The van der Waals surface area contributed by atoms with E-state index in [2.05, 4.69) is 16.1 Å². The van der Waals surface area contributed by atoms with Crippen molar-refractivity contribution in [1.29, 1.82) is 0 Å². The molecule has 7 nitrogen and oxygen atoms in total. The normalized spacial score (nSPS) is 10.2. The van der Waals surface area contributed by atoms with Crippen LogP contribution in [0.3, 0.4) is 0 Å². The summed E-state index contributed by atoms with van der Waals surface area (Å²) in [6.45, 7) is 3.63. The van der Waals surface area contributed by atoms with Gasteiger partial charge in [-0.2, -0.15) is 0 Å². The summed E-state index contributed by atoms with van der Waals surface area (Å²) in [5.41, 5.74) is 0.830. The zero-order valence-electron chi connectivity index (χ0n) is 14.2. The van der Waals surface area contributed by atoms with Crippen LogP contribution in [-0.2, 0) is 28.6 Å². The van der Waals surface area contributed by atoms with Gasteiger partial charge in [-0.05, 0) is 23.8 Å². The molecule has 0 aliphatic heterocycles. The van der Waals surface area contributed by atoms with E-state index in [9.17, 15) is 14.4 Å². The van der Waals surface area contributed by atoms with Gasteiger partial charge in [-0.3, -0.25) is 4.79 Å². The van der Waals surface area contributed by atoms with Gasteiger partial charge < -0.3 is 18.9 Å². The van der Waals surface area contributed by atoms with E-state index in [-0.39, 0.29) is 25.2 Å². The van der Waals surface area contributed by atoms with E-state index >= 15 is 0 Å². The quantitative estimate of drug-likeness (QED) is 0.291. The second kappa shape index (κ2) is 10.6. The first-order valence-corrected chi connectivity index (χ1v) is 7.37. The van der Waals surface area contributed by atoms with Crippen molar-refractivity contribution < 1.29 is 33.3 Å². The maximum atomic E-state index is 11.6. The molecule has 0 atom stereocenters. The van der Waals surface area contributed by atoms with E-state index in [0.717, 1.165) is 5.56 Å². The molecule has 0 unspecified atom stereocenters. The van der Waals surface area contributed by atoms with Crippen LogP contribution >= 0.6 is 0 Å². The molecule has 1 aromatic rings. The van der Waals surface area contributed by atoms with Crippen LogP contribution < -0.4 is 4.74 Å². The lowest BCUT2D eigenvalue weighted by atomic mass is 10.2. The highest BCUT2D eigenvalue weighted by Gasteiger charge is 2.13. The van der Waals surface area contributed by atoms with Gasteiger partial charge in [-0.1, -0.05) is 18.7 Å². The molecule has 0 bridgehead atoms. The fraction of sp³-hybridized carbons (Fsp3) is 0.278. The number of hydrogen-bond donors (Lipinski definition) is 0. The number of hydrogen-bond acceptors (Lipinski definition) is 7. The average molecular weight is 348 g/mol. The summed E-state index contributed by atoms with van der Waals surface area (Å²) in [4.78, 5) is 33.6. The van der Waals surface area contributed by atoms with Gasteiger partial charge in [0.1, 0.15) is 19.0 Å². The van der Waals surface area contributed by atoms with Gasteiger partial charge in [0.05, 0.1) is 20.6 Å². The van der Waals surface area contributed by atoms with Crippen LogP contribution in [0.5, 0.6) is 5.75 Å². The Labute approximate surface area is 145 Å². The Morgan fingerprint density at radius 1 is 1.04 bits per heavy atom. The third kappa shape index (κ3) is 7.83. The molecule has 0 heterocycles. The number of benzene rings is 1. The number of ether oxygens (including phenoxy) is 4. The molecule has 0 saturated heterocycles. The van der Waals surface area contributed by atoms with Crippen molar-refractivity contribution in [1.82, 2.24) is 0 Å². The molecule has 25 heavy (non-hydrogen) atoms. The molecule has 134 valence electrons. The van der Waals surface area contributed by atoms with E-state index in [1.165, 1.54) is 20.3 Å². The Hall–Kier alpha value is -3.09. The van der Waals surface area contributed by atoms with Crippen LogP contribution in [0.1, 0.15) is 12.0 Å². The fourth-order valence-corrected chi connectivity index (χ4v) is 1.62. The van der Waals surface area contributed by atoms with Crippen LogP contribution in [0.2, 0.25) is 0 Å². The van der Waals surface area contributed by atoms with Gasteiger partial charge in [-0.25, -0.2) is 9.59 Å². The Morgan fingerprint density at radius 2 is 1.72 bits per heavy atom. The molecule has 0 fully saturated rings. The molecule has 0 aromatic heterocycles. The first kappa shape index (κ1) is 20.0. The third-order valence-electron chi connectivity index (χ3n) is 2.95. The topological polar surface area (TPSA) is 88.1 Å². The van der Waals surface area contributed by atoms with Crippen molar-refractivity contribution in [3.05, 3.63) is 48.1 Å². The Bertz CT molecular complexity index is 644. The third-order valence-corrected chi connectivity index (χ3v) is 2.95. The first-order valence-electron chi connectivity index (χ1n) is 7.37. The molecule has 1 aromatic carbocycles. The van der Waals surface area contributed by atoms with Gasteiger partial charge >= 0.3 is 17.9 Å². The standard InChI is InChI=1S/C18H20O7/c1-13(12-17(20)23-3)18(21)25-11-10-24-15-7-4-14(5-8-15)6-9-16(19)22-2/h4-9H,1,10-12H2,2-3H3/b9-6+. The molecule has 0 amide bonds. The van der Waals surface area contributed by atoms with E-state index in [1.54, 1.807) is 30.3 Å². The van der Waals surface area contributed by atoms with Gasteiger partial charge in [0.15, 0.2) is 0 Å². The Balaban J connectivity index is 2.33. The van der Waals surface area contributed by atoms with E-state index in [4.69, 9.17) is 9.47 Å². The summed E-state index contributed by atoms with van der Waals surface area (Å²) in [6, 6.07) is 6.96. The monoisotopic (exact) mass is 348 g/mol. The molecule has 0 aliphatic rings. The first-order chi connectivity index (χ1) is 12.0. The summed E-state index contributed by atoms with van der Waals surface area (Å²) in [6.07, 6.45) is 2.72. The summed E-state index contributed by atoms with van der Waals surface area (Å²) < 4.78 is 19.3. The van der Waals surface area contributed by atoms with Crippen LogP contribution in [0.25, 0.3) is 6.08 Å². The van der Waals surface area contributed by atoms with Crippen molar-refractivity contribution in [3.8, 4) is 5.75 Å². The summed E-state index contributed by atoms with van der Waals surface area (Å²) in [5.74, 6) is -1.08. The van der Waals surface area contributed by atoms with Crippen molar-refractivity contribution in [3.63, 3.8) is 0 Å². The lowest BCUT2D eigenvalue weighted by Gasteiger charge is -2.08. The molecule has 0 radical (unpaired) electrons. The van der Waals surface area contributed by atoms with Crippen LogP contribution in [0.15, 0.2) is 42.5 Å². The van der Waals surface area contributed by atoms with E-state index in [1.807, 2.05) is 0 Å². The minimum Gasteiger partial charge on any atom is -0.490 e. The predicted molar refractivity (Wildman–Crippen MR) is 89.7 cm³/mol. The molecule has 0 aliphatic carbocycles. The second-order valence-electron chi connectivity index (χ2n) is 4.77. The van der Waals surface area contributed by atoms with Gasteiger partial charge in [0, 0.05) is 11.6 Å². The van der Waals surface area contributed by atoms with Crippen LogP contribution in [0, 0.1) is 0 Å². The minimum atomic E-state index is -0.669. The van der Waals surface area contributed by atoms with E-state index < -0.39 is 17.9 Å². The summed E-state index contributed by atoms with van der Waals surface area (Å²) in [7, 11) is 2.53. The van der Waals surface area contributed by atoms with Gasteiger partial charge in [-0.15, -0.1) is 0 Å². The smallest absolute Gasteiger partial charge is 0.334 e. The molecule has 0 saturated carbocycles. The average Bonchev–Trinajstić information content (AvgIpc) is 2.63. The number of rotatable bonds is 9. The molecular weight excluding hydrogens is 328 g/mol.